The number of hydrogen-bond donors (Lipinski definition) is 4. The quantitative estimate of drug-likeness (QED) is 0.246. The third kappa shape index (κ3) is 6.95. The molecule has 0 bridgehead atoms. The average molecular weight is 491 g/mol. The summed E-state index contributed by atoms with van der Waals surface area (Å²) >= 11 is 5.03. The fraction of sp³-hybridized carbons (Fsp3) is 0.0800. The Morgan fingerprint density at radius 3 is 2.00 bits per heavy atom. The molecular formula is C25H22N4O5S. The zero-order valence-corrected chi connectivity index (χ0v) is 19.7. The van der Waals surface area contributed by atoms with Crippen LogP contribution in [0, 0.1) is 6.92 Å². The molecule has 0 saturated carbocycles. The first-order valence-corrected chi connectivity index (χ1v) is 10.8. The average Bonchev–Trinajstić information content (AvgIpc) is 2.87. The highest BCUT2D eigenvalue weighted by molar-refractivity contribution is 7.80. The number of thiocarbonyl (C=S) groups is 1. The van der Waals surface area contributed by atoms with Crippen LogP contribution in [0.25, 0.3) is 0 Å². The van der Waals surface area contributed by atoms with Crippen molar-refractivity contribution in [2.45, 2.75) is 6.92 Å². The third-order valence-corrected chi connectivity index (χ3v) is 4.95. The molecule has 10 heteroatoms. The van der Waals surface area contributed by atoms with Crippen LogP contribution in [0.2, 0.25) is 0 Å². The van der Waals surface area contributed by atoms with Gasteiger partial charge in [0.25, 0.3) is 17.7 Å². The van der Waals surface area contributed by atoms with Crippen molar-refractivity contribution in [3.8, 4) is 0 Å². The number of ether oxygens (including phenoxy) is 1. The lowest BCUT2D eigenvalue weighted by Crippen LogP contribution is -2.48. The van der Waals surface area contributed by atoms with Gasteiger partial charge in [-0.05, 0) is 73.7 Å². The number of esters is 1. The standard InChI is InChI=1S/C25H22N4O5S/c1-15-5-3-6-17(13-15)21(30)26-20-11-9-16(10-12-20)23(32)28-29-25(35)27-22(31)18-7-4-8-19(14-18)24(33)34-2/h3-14H,1-2H3,(H,26,30)(H,28,32)(H2,27,29,31,35). The molecule has 35 heavy (non-hydrogen) atoms. The summed E-state index contributed by atoms with van der Waals surface area (Å²) in [6.45, 7) is 1.90. The Hall–Kier alpha value is -4.57. The molecule has 0 spiro atoms. The molecule has 9 nitrogen and oxygen atoms in total. The van der Waals surface area contributed by atoms with Gasteiger partial charge in [0.05, 0.1) is 12.7 Å². The lowest BCUT2D eigenvalue weighted by molar-refractivity contribution is 0.0600. The van der Waals surface area contributed by atoms with Crippen molar-refractivity contribution >= 4 is 46.7 Å². The first kappa shape index (κ1) is 25.1. The number of hydrogen-bond acceptors (Lipinski definition) is 6. The van der Waals surface area contributed by atoms with Crippen molar-refractivity contribution in [2.75, 3.05) is 12.4 Å². The molecule has 3 aromatic rings. The van der Waals surface area contributed by atoms with Gasteiger partial charge in [0.15, 0.2) is 5.11 Å². The molecule has 0 heterocycles. The molecule has 0 aliphatic carbocycles. The highest BCUT2D eigenvalue weighted by atomic mass is 32.1. The van der Waals surface area contributed by atoms with Crippen molar-refractivity contribution < 1.29 is 23.9 Å². The van der Waals surface area contributed by atoms with E-state index in [4.69, 9.17) is 12.2 Å². The predicted molar refractivity (Wildman–Crippen MR) is 134 cm³/mol. The van der Waals surface area contributed by atoms with E-state index in [-0.39, 0.29) is 22.1 Å². The molecule has 0 aliphatic rings. The maximum atomic E-state index is 12.4. The molecule has 3 rings (SSSR count). The Morgan fingerprint density at radius 2 is 1.34 bits per heavy atom. The van der Waals surface area contributed by atoms with Crippen LogP contribution in [-0.2, 0) is 4.74 Å². The monoisotopic (exact) mass is 490 g/mol. The first-order valence-electron chi connectivity index (χ1n) is 10.3. The Labute approximate surface area is 206 Å². The molecule has 0 aromatic heterocycles. The van der Waals surface area contributed by atoms with Gasteiger partial charge in [0, 0.05) is 22.4 Å². The van der Waals surface area contributed by atoms with E-state index in [1.807, 2.05) is 13.0 Å². The van der Waals surface area contributed by atoms with E-state index >= 15 is 0 Å². The second-order valence-electron chi connectivity index (χ2n) is 7.34. The number of rotatable bonds is 5. The van der Waals surface area contributed by atoms with E-state index in [9.17, 15) is 19.2 Å². The van der Waals surface area contributed by atoms with Gasteiger partial charge >= 0.3 is 5.97 Å². The maximum Gasteiger partial charge on any atom is 0.337 e. The molecule has 0 atom stereocenters. The Balaban J connectivity index is 1.51. The van der Waals surface area contributed by atoms with Crippen molar-refractivity contribution in [3.05, 3.63) is 101 Å². The van der Waals surface area contributed by atoms with E-state index in [2.05, 4.69) is 26.2 Å². The second kappa shape index (κ2) is 11.5. The van der Waals surface area contributed by atoms with E-state index in [0.717, 1.165) is 5.56 Å². The minimum Gasteiger partial charge on any atom is -0.465 e. The summed E-state index contributed by atoms with van der Waals surface area (Å²) in [5.74, 6) is -1.92. The summed E-state index contributed by atoms with van der Waals surface area (Å²) < 4.78 is 4.63. The van der Waals surface area contributed by atoms with Crippen molar-refractivity contribution in [1.29, 1.82) is 0 Å². The summed E-state index contributed by atoms with van der Waals surface area (Å²) in [4.78, 5) is 48.7. The van der Waals surface area contributed by atoms with Crippen LogP contribution in [0.5, 0.6) is 0 Å². The van der Waals surface area contributed by atoms with Crippen molar-refractivity contribution in [2.24, 2.45) is 0 Å². The molecule has 0 fully saturated rings. The first-order chi connectivity index (χ1) is 16.8. The van der Waals surface area contributed by atoms with Crippen molar-refractivity contribution in [1.82, 2.24) is 16.2 Å². The van der Waals surface area contributed by atoms with E-state index in [1.165, 1.54) is 43.5 Å². The highest BCUT2D eigenvalue weighted by Gasteiger charge is 2.13. The zero-order valence-electron chi connectivity index (χ0n) is 18.9. The summed E-state index contributed by atoms with van der Waals surface area (Å²) in [7, 11) is 1.24. The Kier molecular flexibility index (Phi) is 8.25. The van der Waals surface area contributed by atoms with Gasteiger partial charge in [-0.15, -0.1) is 0 Å². The van der Waals surface area contributed by atoms with Crippen LogP contribution >= 0.6 is 12.2 Å². The topological polar surface area (TPSA) is 126 Å². The number of carbonyl (C=O) groups excluding carboxylic acids is 4. The van der Waals surface area contributed by atoms with Crippen LogP contribution < -0.4 is 21.5 Å². The molecule has 0 saturated heterocycles. The van der Waals surface area contributed by atoms with Gasteiger partial charge in [0.1, 0.15) is 0 Å². The minimum atomic E-state index is -0.576. The largest absolute Gasteiger partial charge is 0.465 e. The van der Waals surface area contributed by atoms with Crippen LogP contribution in [0.15, 0.2) is 72.8 Å². The Morgan fingerprint density at radius 1 is 0.714 bits per heavy atom. The van der Waals surface area contributed by atoms with E-state index in [0.29, 0.717) is 16.8 Å². The number of anilines is 1. The lowest BCUT2D eigenvalue weighted by atomic mass is 10.1. The second-order valence-corrected chi connectivity index (χ2v) is 7.74. The normalized spacial score (nSPS) is 10.0. The summed E-state index contributed by atoms with van der Waals surface area (Å²) in [6.07, 6.45) is 0. The van der Waals surface area contributed by atoms with Gasteiger partial charge in [-0.2, -0.15) is 0 Å². The molecule has 3 amide bonds. The summed E-state index contributed by atoms with van der Waals surface area (Å²) in [6, 6.07) is 19.4. The molecule has 0 aliphatic heterocycles. The molecule has 178 valence electrons. The van der Waals surface area contributed by atoms with Crippen LogP contribution in [0.4, 0.5) is 5.69 Å². The summed E-state index contributed by atoms with van der Waals surface area (Å²) in [5.41, 5.74) is 7.55. The number of carbonyl (C=O) groups is 4. The number of nitrogens with one attached hydrogen (secondary N) is 4. The maximum absolute atomic E-state index is 12.4. The van der Waals surface area contributed by atoms with Gasteiger partial charge in [-0.25, -0.2) is 4.79 Å². The van der Waals surface area contributed by atoms with Gasteiger partial charge in [-0.1, -0.05) is 23.8 Å². The minimum absolute atomic E-state index is 0.145. The SMILES string of the molecule is COC(=O)c1cccc(C(=O)NC(=S)NNC(=O)c2ccc(NC(=O)c3cccc(C)c3)cc2)c1. The fourth-order valence-electron chi connectivity index (χ4n) is 2.99. The van der Waals surface area contributed by atoms with Gasteiger partial charge in [-0.3, -0.25) is 30.6 Å². The van der Waals surface area contributed by atoms with E-state index in [1.54, 1.807) is 30.3 Å². The van der Waals surface area contributed by atoms with Crippen molar-refractivity contribution in [3.63, 3.8) is 0 Å². The molecule has 0 radical (unpaired) electrons. The fourth-order valence-corrected chi connectivity index (χ4v) is 3.14. The van der Waals surface area contributed by atoms with Gasteiger partial charge < -0.3 is 10.1 Å². The zero-order chi connectivity index (χ0) is 25.4. The molecule has 3 aromatic carbocycles. The van der Waals surface area contributed by atoms with Crippen LogP contribution in [0.3, 0.4) is 0 Å². The predicted octanol–water partition coefficient (Wildman–Crippen LogP) is 2.98. The van der Waals surface area contributed by atoms with Crippen LogP contribution in [-0.4, -0.2) is 35.9 Å². The highest BCUT2D eigenvalue weighted by Crippen LogP contribution is 2.12. The van der Waals surface area contributed by atoms with Crippen LogP contribution in [0.1, 0.15) is 47.0 Å². The van der Waals surface area contributed by atoms with E-state index < -0.39 is 17.8 Å². The number of methoxy groups -OCH3 is 1. The molecule has 4 N–H and O–H groups in total. The molecule has 0 unspecified atom stereocenters. The number of aryl methyl sites for hydroxylation is 1. The summed E-state index contributed by atoms with van der Waals surface area (Å²) in [5, 5.41) is 5.03. The Bertz CT molecular complexity index is 1290. The lowest BCUT2D eigenvalue weighted by Gasteiger charge is -2.12. The molecular weight excluding hydrogens is 468 g/mol. The number of hydrazine groups is 1. The number of benzene rings is 3. The third-order valence-electron chi connectivity index (χ3n) is 4.75. The smallest absolute Gasteiger partial charge is 0.337 e. The van der Waals surface area contributed by atoms with Gasteiger partial charge in [0.2, 0.25) is 0 Å². The number of amides is 3.